The molecule has 1 fully saturated rings. The highest BCUT2D eigenvalue weighted by Crippen LogP contribution is 2.26. The van der Waals surface area contributed by atoms with E-state index in [-0.39, 0.29) is 5.91 Å². The van der Waals surface area contributed by atoms with E-state index in [1.54, 1.807) is 10.9 Å². The van der Waals surface area contributed by atoms with Gasteiger partial charge in [-0.25, -0.2) is 4.98 Å². The van der Waals surface area contributed by atoms with Gasteiger partial charge in [-0.15, -0.1) is 0 Å². The van der Waals surface area contributed by atoms with Gasteiger partial charge >= 0.3 is 0 Å². The first-order valence-electron chi connectivity index (χ1n) is 7.79. The molecule has 6 heteroatoms. The number of carbonyl (C=O) groups excluding carboxylic acids is 1. The van der Waals surface area contributed by atoms with E-state index in [0.717, 1.165) is 43.0 Å². The number of nitrogens with zero attached hydrogens (tertiary/aromatic N) is 5. The van der Waals surface area contributed by atoms with Gasteiger partial charge < -0.3 is 9.47 Å². The number of aryl methyl sites for hydroxylation is 3. The van der Waals surface area contributed by atoms with Crippen LogP contribution in [0.15, 0.2) is 18.6 Å². The summed E-state index contributed by atoms with van der Waals surface area (Å²) >= 11 is 0. The molecular weight excluding hydrogens is 278 g/mol. The summed E-state index contributed by atoms with van der Waals surface area (Å²) in [5.41, 5.74) is 2.11. The van der Waals surface area contributed by atoms with Crippen LogP contribution in [0.5, 0.6) is 0 Å². The molecule has 1 aliphatic heterocycles. The van der Waals surface area contributed by atoms with E-state index in [1.165, 1.54) is 0 Å². The summed E-state index contributed by atoms with van der Waals surface area (Å²) < 4.78 is 3.80. The molecule has 118 valence electrons. The Bertz CT molecular complexity index is 672. The molecule has 6 nitrogen and oxygen atoms in total. The van der Waals surface area contributed by atoms with Crippen molar-refractivity contribution in [2.24, 2.45) is 7.05 Å². The van der Waals surface area contributed by atoms with Gasteiger partial charge in [0.15, 0.2) is 0 Å². The number of aromatic nitrogens is 4. The van der Waals surface area contributed by atoms with Crippen molar-refractivity contribution in [2.75, 3.05) is 13.1 Å². The molecule has 0 bridgehead atoms. The zero-order valence-corrected chi connectivity index (χ0v) is 13.5. The number of carbonyl (C=O) groups is 1. The van der Waals surface area contributed by atoms with E-state index in [1.807, 2.05) is 38.2 Å². The molecule has 1 aliphatic rings. The summed E-state index contributed by atoms with van der Waals surface area (Å²) in [5, 5.41) is 4.20. The Morgan fingerprint density at radius 2 is 2.18 bits per heavy atom. The third kappa shape index (κ3) is 3.05. The van der Waals surface area contributed by atoms with Crippen molar-refractivity contribution >= 4 is 5.91 Å². The number of likely N-dealkylation sites (tertiary alicyclic amines) is 1. The van der Waals surface area contributed by atoms with Crippen LogP contribution in [-0.4, -0.2) is 43.2 Å². The van der Waals surface area contributed by atoms with E-state index in [2.05, 4.69) is 14.6 Å². The SMILES string of the molecule is Cc1cnn(CC(=O)N2CCC[C@@H](c3nc(C)cn3C)C2)c1. The third-order valence-corrected chi connectivity index (χ3v) is 4.23. The van der Waals surface area contributed by atoms with E-state index in [4.69, 9.17) is 0 Å². The molecule has 0 unspecified atom stereocenters. The summed E-state index contributed by atoms with van der Waals surface area (Å²) in [4.78, 5) is 19.1. The molecule has 1 amide bonds. The van der Waals surface area contributed by atoms with Gasteiger partial charge in [0.1, 0.15) is 12.4 Å². The molecule has 0 N–H and O–H groups in total. The number of hydrogen-bond donors (Lipinski definition) is 0. The van der Waals surface area contributed by atoms with Crippen molar-refractivity contribution < 1.29 is 4.79 Å². The Kier molecular flexibility index (Phi) is 4.00. The van der Waals surface area contributed by atoms with Gasteiger partial charge in [-0.05, 0) is 32.3 Å². The number of amides is 1. The molecule has 22 heavy (non-hydrogen) atoms. The second-order valence-electron chi connectivity index (χ2n) is 6.25. The van der Waals surface area contributed by atoms with Gasteiger partial charge in [0.05, 0.1) is 11.9 Å². The lowest BCUT2D eigenvalue weighted by atomic mass is 9.97. The Hall–Kier alpha value is -2.11. The van der Waals surface area contributed by atoms with Gasteiger partial charge in [0, 0.05) is 38.4 Å². The van der Waals surface area contributed by atoms with Crippen molar-refractivity contribution in [3.63, 3.8) is 0 Å². The third-order valence-electron chi connectivity index (χ3n) is 4.23. The van der Waals surface area contributed by atoms with E-state index in [0.29, 0.717) is 12.5 Å². The first-order valence-corrected chi connectivity index (χ1v) is 7.79. The molecule has 2 aromatic heterocycles. The average molecular weight is 301 g/mol. The highest BCUT2D eigenvalue weighted by atomic mass is 16.2. The molecule has 0 spiro atoms. The average Bonchev–Trinajstić information content (AvgIpc) is 3.04. The molecule has 0 aromatic carbocycles. The summed E-state index contributed by atoms with van der Waals surface area (Å²) in [6.07, 6.45) is 7.85. The molecule has 3 rings (SSSR count). The summed E-state index contributed by atoms with van der Waals surface area (Å²) in [5.74, 6) is 1.56. The fraction of sp³-hybridized carbons (Fsp3) is 0.562. The number of rotatable bonds is 3. The number of hydrogen-bond acceptors (Lipinski definition) is 3. The Labute approximate surface area is 130 Å². The van der Waals surface area contributed by atoms with Crippen molar-refractivity contribution in [3.8, 4) is 0 Å². The molecule has 2 aromatic rings. The minimum atomic E-state index is 0.138. The maximum Gasteiger partial charge on any atom is 0.244 e. The predicted octanol–water partition coefficient (Wildman–Crippen LogP) is 1.64. The first-order chi connectivity index (χ1) is 10.5. The maximum absolute atomic E-state index is 12.5. The molecule has 0 saturated carbocycles. The summed E-state index contributed by atoms with van der Waals surface area (Å²) in [6, 6.07) is 0. The summed E-state index contributed by atoms with van der Waals surface area (Å²) in [7, 11) is 2.03. The minimum Gasteiger partial charge on any atom is -0.340 e. The van der Waals surface area contributed by atoms with Gasteiger partial charge in [0.25, 0.3) is 0 Å². The maximum atomic E-state index is 12.5. The fourth-order valence-corrected chi connectivity index (χ4v) is 3.22. The smallest absolute Gasteiger partial charge is 0.244 e. The van der Waals surface area contributed by atoms with Crippen molar-refractivity contribution in [1.82, 2.24) is 24.2 Å². The quantitative estimate of drug-likeness (QED) is 0.866. The standard InChI is InChI=1S/C16H23N5O/c1-12-7-17-21(8-12)11-15(22)20-6-4-5-14(10-20)16-18-13(2)9-19(16)3/h7-9,14H,4-6,10-11H2,1-3H3/t14-/m1/s1. The number of piperidine rings is 1. The van der Waals surface area contributed by atoms with E-state index >= 15 is 0 Å². The van der Waals surface area contributed by atoms with Crippen LogP contribution in [0, 0.1) is 13.8 Å². The zero-order chi connectivity index (χ0) is 15.7. The van der Waals surface area contributed by atoms with Crippen LogP contribution in [0.25, 0.3) is 0 Å². The van der Waals surface area contributed by atoms with Crippen LogP contribution in [0.3, 0.4) is 0 Å². The number of imidazole rings is 1. The van der Waals surface area contributed by atoms with Gasteiger partial charge in [-0.2, -0.15) is 5.10 Å². The van der Waals surface area contributed by atoms with Crippen LogP contribution >= 0.6 is 0 Å². The highest BCUT2D eigenvalue weighted by Gasteiger charge is 2.27. The Balaban J connectivity index is 1.67. The monoisotopic (exact) mass is 301 g/mol. The van der Waals surface area contributed by atoms with Crippen molar-refractivity contribution in [1.29, 1.82) is 0 Å². The van der Waals surface area contributed by atoms with Crippen LogP contribution in [0.2, 0.25) is 0 Å². The topological polar surface area (TPSA) is 56.0 Å². The van der Waals surface area contributed by atoms with Crippen LogP contribution in [-0.2, 0) is 18.4 Å². The second-order valence-corrected chi connectivity index (χ2v) is 6.25. The lowest BCUT2D eigenvalue weighted by Crippen LogP contribution is -2.41. The van der Waals surface area contributed by atoms with Crippen LogP contribution in [0.4, 0.5) is 0 Å². The van der Waals surface area contributed by atoms with Gasteiger partial charge in [0.2, 0.25) is 5.91 Å². The van der Waals surface area contributed by atoms with Gasteiger partial charge in [-0.1, -0.05) is 0 Å². The molecular formula is C16H23N5O. The van der Waals surface area contributed by atoms with Crippen LogP contribution in [0.1, 0.15) is 35.8 Å². The van der Waals surface area contributed by atoms with E-state index in [9.17, 15) is 4.79 Å². The van der Waals surface area contributed by atoms with E-state index < -0.39 is 0 Å². The molecule has 1 atom stereocenters. The zero-order valence-electron chi connectivity index (χ0n) is 13.5. The lowest BCUT2D eigenvalue weighted by molar-refractivity contribution is -0.133. The fourth-order valence-electron chi connectivity index (χ4n) is 3.22. The highest BCUT2D eigenvalue weighted by molar-refractivity contribution is 5.76. The Morgan fingerprint density at radius 3 is 2.82 bits per heavy atom. The lowest BCUT2D eigenvalue weighted by Gasteiger charge is -2.32. The molecule has 0 radical (unpaired) electrons. The van der Waals surface area contributed by atoms with Crippen molar-refractivity contribution in [3.05, 3.63) is 35.7 Å². The normalized spacial score (nSPS) is 18.7. The Morgan fingerprint density at radius 1 is 1.36 bits per heavy atom. The largest absolute Gasteiger partial charge is 0.340 e. The summed E-state index contributed by atoms with van der Waals surface area (Å²) in [6.45, 7) is 5.89. The second kappa shape index (κ2) is 5.94. The molecule has 3 heterocycles. The molecule has 1 saturated heterocycles. The van der Waals surface area contributed by atoms with Gasteiger partial charge in [-0.3, -0.25) is 9.48 Å². The van der Waals surface area contributed by atoms with Crippen molar-refractivity contribution in [2.45, 2.75) is 39.2 Å². The predicted molar refractivity (Wildman–Crippen MR) is 83.5 cm³/mol. The minimum absolute atomic E-state index is 0.138. The first kappa shape index (κ1) is 14.8. The molecule has 0 aliphatic carbocycles. The van der Waals surface area contributed by atoms with Crippen LogP contribution < -0.4 is 0 Å².